The van der Waals surface area contributed by atoms with Gasteiger partial charge >= 0.3 is 0 Å². The zero-order valence-corrected chi connectivity index (χ0v) is 12.5. The van der Waals surface area contributed by atoms with Gasteiger partial charge in [-0.15, -0.1) is 12.4 Å². The fourth-order valence-electron chi connectivity index (χ4n) is 2.15. The van der Waals surface area contributed by atoms with Crippen molar-refractivity contribution in [3.63, 3.8) is 0 Å². The summed E-state index contributed by atoms with van der Waals surface area (Å²) in [6.45, 7) is -0.849. The van der Waals surface area contributed by atoms with Crippen molar-refractivity contribution in [3.8, 4) is 0 Å². The molecule has 0 spiro atoms. The Balaban J connectivity index is 0.00000264. The van der Waals surface area contributed by atoms with Crippen molar-refractivity contribution in [2.45, 2.75) is 13.1 Å². The lowest BCUT2D eigenvalue weighted by Crippen LogP contribution is -2.16. The van der Waals surface area contributed by atoms with Crippen LogP contribution in [0.3, 0.4) is 0 Å². The molecule has 4 N–H and O–H groups in total. The molecule has 0 bridgehead atoms. The first kappa shape index (κ1) is 19.1. The highest BCUT2D eigenvalue weighted by atomic mass is 35.5. The zero-order valence-electron chi connectivity index (χ0n) is 11.7. The average molecular weight is 349 g/mol. The molecule has 0 saturated carbocycles. The predicted molar refractivity (Wildman–Crippen MR) is 79.2 cm³/mol. The number of halogens is 5. The average Bonchev–Trinajstić information content (AvgIpc) is 2.51. The van der Waals surface area contributed by atoms with Gasteiger partial charge in [0.25, 0.3) is 0 Å². The molecule has 0 radical (unpaired) electrons. The lowest BCUT2D eigenvalue weighted by atomic mass is 9.94. The number of ketones is 1. The second-order valence-electron chi connectivity index (χ2n) is 4.51. The summed E-state index contributed by atoms with van der Waals surface area (Å²) in [5.74, 6) is -5.60. The van der Waals surface area contributed by atoms with Crippen LogP contribution in [0.15, 0.2) is 24.3 Å². The maximum Gasteiger partial charge on any atom is 0.193 e. The number of nitrogens with two attached hydrogens (primary N) is 2. The first-order chi connectivity index (χ1) is 10.4. The van der Waals surface area contributed by atoms with E-state index in [2.05, 4.69) is 0 Å². The van der Waals surface area contributed by atoms with Crippen molar-refractivity contribution in [3.05, 3.63) is 69.8 Å². The molecule has 0 aromatic heterocycles. The molecule has 0 unspecified atom stereocenters. The van der Waals surface area contributed by atoms with Crippen molar-refractivity contribution in [2.75, 3.05) is 0 Å². The fourth-order valence-corrected chi connectivity index (χ4v) is 2.15. The number of hydrogen-bond donors (Lipinski definition) is 2. The summed E-state index contributed by atoms with van der Waals surface area (Å²) in [7, 11) is 0. The van der Waals surface area contributed by atoms with Gasteiger partial charge in [0.2, 0.25) is 0 Å². The van der Waals surface area contributed by atoms with Crippen LogP contribution in [0, 0.1) is 23.3 Å². The van der Waals surface area contributed by atoms with Gasteiger partial charge in [0.15, 0.2) is 29.1 Å². The quantitative estimate of drug-likeness (QED) is 0.659. The van der Waals surface area contributed by atoms with Gasteiger partial charge in [-0.25, -0.2) is 17.6 Å². The third-order valence-corrected chi connectivity index (χ3v) is 3.29. The molecule has 2 aromatic rings. The molecule has 0 atom stereocenters. The van der Waals surface area contributed by atoms with Crippen LogP contribution in [0.1, 0.15) is 27.0 Å². The SMILES string of the molecule is Cl.NCc1c(C(=O)c2ccc(F)c(F)c2CN)ccc(F)c1F. The minimum absolute atomic E-state index is 0. The molecule has 23 heavy (non-hydrogen) atoms. The summed E-state index contributed by atoms with van der Waals surface area (Å²) < 4.78 is 53.8. The van der Waals surface area contributed by atoms with E-state index < -0.39 is 42.1 Å². The van der Waals surface area contributed by atoms with E-state index in [1.54, 1.807) is 0 Å². The first-order valence-corrected chi connectivity index (χ1v) is 6.31. The minimum atomic E-state index is -1.25. The molecule has 0 saturated heterocycles. The summed E-state index contributed by atoms with van der Waals surface area (Å²) >= 11 is 0. The van der Waals surface area contributed by atoms with Crippen LogP contribution in [-0.2, 0) is 13.1 Å². The van der Waals surface area contributed by atoms with E-state index in [9.17, 15) is 22.4 Å². The van der Waals surface area contributed by atoms with Crippen LogP contribution in [0.4, 0.5) is 17.6 Å². The Morgan fingerprint density at radius 3 is 1.43 bits per heavy atom. The van der Waals surface area contributed by atoms with Crippen molar-refractivity contribution in [2.24, 2.45) is 11.5 Å². The van der Waals surface area contributed by atoms with Crippen molar-refractivity contribution in [1.29, 1.82) is 0 Å². The molecule has 3 nitrogen and oxygen atoms in total. The van der Waals surface area contributed by atoms with Gasteiger partial charge in [-0.2, -0.15) is 0 Å². The number of rotatable bonds is 4. The van der Waals surface area contributed by atoms with E-state index in [1.807, 2.05) is 0 Å². The molecule has 0 aliphatic rings. The summed E-state index contributed by atoms with van der Waals surface area (Å²) in [6, 6.07) is 3.63. The van der Waals surface area contributed by atoms with E-state index in [4.69, 9.17) is 11.5 Å². The van der Waals surface area contributed by atoms with Gasteiger partial charge in [-0.1, -0.05) is 0 Å². The molecule has 124 valence electrons. The minimum Gasteiger partial charge on any atom is -0.326 e. The maximum atomic E-state index is 13.7. The van der Waals surface area contributed by atoms with Gasteiger partial charge in [-0.3, -0.25) is 4.79 Å². The van der Waals surface area contributed by atoms with Gasteiger partial charge in [0, 0.05) is 35.3 Å². The monoisotopic (exact) mass is 348 g/mol. The van der Waals surface area contributed by atoms with Crippen LogP contribution in [0.2, 0.25) is 0 Å². The Labute approximate surface area is 135 Å². The van der Waals surface area contributed by atoms with E-state index in [-0.39, 0.29) is 34.7 Å². The lowest BCUT2D eigenvalue weighted by molar-refractivity contribution is 0.103. The van der Waals surface area contributed by atoms with Crippen LogP contribution in [0.5, 0.6) is 0 Å². The highest BCUT2D eigenvalue weighted by Crippen LogP contribution is 2.24. The highest BCUT2D eigenvalue weighted by molar-refractivity contribution is 6.10. The molecule has 0 amide bonds. The third-order valence-electron chi connectivity index (χ3n) is 3.29. The van der Waals surface area contributed by atoms with Crippen LogP contribution < -0.4 is 11.5 Å². The van der Waals surface area contributed by atoms with Gasteiger partial charge in [-0.05, 0) is 24.3 Å². The van der Waals surface area contributed by atoms with Crippen LogP contribution >= 0.6 is 12.4 Å². The molecule has 0 heterocycles. The normalized spacial score (nSPS) is 10.3. The lowest BCUT2D eigenvalue weighted by Gasteiger charge is -2.12. The molecule has 2 aromatic carbocycles. The zero-order chi connectivity index (χ0) is 16.4. The second-order valence-corrected chi connectivity index (χ2v) is 4.51. The summed E-state index contributed by atoms with van der Waals surface area (Å²) in [6.07, 6.45) is 0. The number of carbonyl (C=O) groups is 1. The van der Waals surface area contributed by atoms with Crippen molar-refractivity contribution < 1.29 is 22.4 Å². The largest absolute Gasteiger partial charge is 0.326 e. The van der Waals surface area contributed by atoms with E-state index in [1.165, 1.54) is 0 Å². The Hall–Kier alpha value is -1.96. The van der Waals surface area contributed by atoms with E-state index in [0.29, 0.717) is 0 Å². The van der Waals surface area contributed by atoms with E-state index >= 15 is 0 Å². The number of carbonyl (C=O) groups excluding carboxylic acids is 1. The van der Waals surface area contributed by atoms with Crippen LogP contribution in [-0.4, -0.2) is 5.78 Å². The summed E-state index contributed by atoms with van der Waals surface area (Å²) in [5, 5.41) is 0. The van der Waals surface area contributed by atoms with E-state index in [0.717, 1.165) is 24.3 Å². The van der Waals surface area contributed by atoms with Gasteiger partial charge in [0.05, 0.1) is 0 Å². The topological polar surface area (TPSA) is 69.1 Å². The molecule has 0 fully saturated rings. The Kier molecular flexibility index (Phi) is 6.26. The smallest absolute Gasteiger partial charge is 0.193 e. The molecule has 0 aliphatic carbocycles. The molecule has 2 rings (SSSR count). The highest BCUT2D eigenvalue weighted by Gasteiger charge is 2.23. The second kappa shape index (κ2) is 7.54. The third kappa shape index (κ3) is 3.36. The van der Waals surface area contributed by atoms with Crippen LogP contribution in [0.25, 0.3) is 0 Å². The Morgan fingerprint density at radius 2 is 1.13 bits per heavy atom. The maximum absolute atomic E-state index is 13.7. The predicted octanol–water partition coefficient (Wildman–Crippen LogP) is 2.81. The standard InChI is InChI=1S/C15H12F4N2O.ClH/c16-11-3-1-7(9(5-20)13(11)18)15(22)8-2-4-12(17)14(19)10(8)6-21;/h1-4H,5-6,20-21H2;1H. The fraction of sp³-hybridized carbons (Fsp3) is 0.133. The molecule has 0 aliphatic heterocycles. The Morgan fingerprint density at radius 1 is 0.783 bits per heavy atom. The Bertz CT molecular complexity index is 691. The van der Waals surface area contributed by atoms with Crippen molar-refractivity contribution >= 4 is 18.2 Å². The number of hydrogen-bond acceptors (Lipinski definition) is 3. The molecule has 8 heteroatoms. The molecular formula is C15H13ClF4N2O. The first-order valence-electron chi connectivity index (χ1n) is 6.31. The van der Waals surface area contributed by atoms with Gasteiger partial charge in [0.1, 0.15) is 0 Å². The summed E-state index contributed by atoms with van der Waals surface area (Å²) in [5.41, 5.74) is 9.57. The molecular weight excluding hydrogens is 336 g/mol. The van der Waals surface area contributed by atoms with Crippen molar-refractivity contribution in [1.82, 2.24) is 0 Å². The number of benzene rings is 2. The summed E-state index contributed by atoms with van der Waals surface area (Å²) in [4.78, 5) is 12.4. The van der Waals surface area contributed by atoms with Gasteiger partial charge < -0.3 is 11.5 Å².